The molecule has 53 valence electrons. The summed E-state index contributed by atoms with van der Waals surface area (Å²) >= 11 is 16.8. The van der Waals surface area contributed by atoms with Gasteiger partial charge in [0, 0.05) is 5.02 Å². The molecule has 0 aliphatic rings. The largest absolute Gasteiger partial charge is 0.133 e. The van der Waals surface area contributed by atoms with Crippen molar-refractivity contribution in [3.05, 3.63) is 34.9 Å². The molecule has 10 heavy (non-hydrogen) atoms. The smallest absolute Gasteiger partial charge is 0.100 e. The van der Waals surface area contributed by atoms with E-state index in [2.05, 4.69) is 6.07 Å². The topological polar surface area (TPSA) is 0 Å². The van der Waals surface area contributed by atoms with Gasteiger partial charge in [-0.25, -0.2) is 0 Å². The quantitative estimate of drug-likeness (QED) is 0.599. The predicted octanol–water partition coefficient (Wildman–Crippen LogP) is 3.62. The van der Waals surface area contributed by atoms with E-state index in [0.29, 0.717) is 10.6 Å². The van der Waals surface area contributed by atoms with Crippen molar-refractivity contribution in [2.24, 2.45) is 0 Å². The zero-order valence-electron chi connectivity index (χ0n) is 4.94. The highest BCUT2D eigenvalue weighted by Gasteiger charge is 2.02. The second kappa shape index (κ2) is 3.47. The Labute approximate surface area is 74.7 Å². The molecule has 0 heterocycles. The molecule has 0 bridgehead atoms. The molecule has 0 spiro atoms. The second-order valence-corrected chi connectivity index (χ2v) is 3.30. The van der Waals surface area contributed by atoms with E-state index in [0.717, 1.165) is 0 Å². The SMILES string of the molecule is Clc1cc[c]c(C(Cl)Cl)c1. The summed E-state index contributed by atoms with van der Waals surface area (Å²) in [6.45, 7) is 0. The fourth-order valence-corrected chi connectivity index (χ4v) is 1.01. The van der Waals surface area contributed by atoms with Gasteiger partial charge in [0.25, 0.3) is 0 Å². The van der Waals surface area contributed by atoms with E-state index < -0.39 is 4.84 Å². The lowest BCUT2D eigenvalue weighted by atomic mass is 10.2. The maximum atomic E-state index is 5.65. The molecular formula is C7H4Cl3. The molecule has 0 aliphatic carbocycles. The maximum Gasteiger partial charge on any atom is 0.133 e. The zero-order chi connectivity index (χ0) is 7.56. The molecule has 0 amide bonds. The number of alkyl halides is 2. The molecule has 0 nitrogen and oxygen atoms in total. The van der Waals surface area contributed by atoms with Crippen molar-refractivity contribution >= 4 is 34.8 Å². The predicted molar refractivity (Wildman–Crippen MR) is 44.7 cm³/mol. The van der Waals surface area contributed by atoms with Crippen LogP contribution in [-0.4, -0.2) is 0 Å². The van der Waals surface area contributed by atoms with Gasteiger partial charge in [0.05, 0.1) is 0 Å². The first kappa shape index (κ1) is 8.19. The van der Waals surface area contributed by atoms with Gasteiger partial charge in [0.15, 0.2) is 0 Å². The van der Waals surface area contributed by atoms with Crippen LogP contribution in [0.25, 0.3) is 0 Å². The number of benzene rings is 1. The van der Waals surface area contributed by atoms with E-state index in [1.165, 1.54) is 0 Å². The van der Waals surface area contributed by atoms with E-state index >= 15 is 0 Å². The van der Waals surface area contributed by atoms with Gasteiger partial charge >= 0.3 is 0 Å². The summed E-state index contributed by atoms with van der Waals surface area (Å²) in [5.74, 6) is 0. The van der Waals surface area contributed by atoms with Crippen molar-refractivity contribution in [1.82, 2.24) is 0 Å². The third-order valence-corrected chi connectivity index (χ3v) is 1.73. The average Bonchev–Trinajstić information content (AvgIpc) is 1.88. The first-order valence-electron chi connectivity index (χ1n) is 2.65. The van der Waals surface area contributed by atoms with Crippen LogP contribution in [-0.2, 0) is 0 Å². The van der Waals surface area contributed by atoms with Gasteiger partial charge < -0.3 is 0 Å². The molecule has 1 radical (unpaired) electrons. The molecule has 0 fully saturated rings. The van der Waals surface area contributed by atoms with Crippen molar-refractivity contribution < 1.29 is 0 Å². The third kappa shape index (κ3) is 2.05. The molecule has 0 saturated heterocycles. The number of hydrogen-bond acceptors (Lipinski definition) is 0. The van der Waals surface area contributed by atoms with Gasteiger partial charge in [-0.2, -0.15) is 0 Å². The average molecular weight is 194 g/mol. The Kier molecular flexibility index (Phi) is 2.84. The Bertz CT molecular complexity index is 220. The van der Waals surface area contributed by atoms with Crippen LogP contribution in [0, 0.1) is 6.07 Å². The summed E-state index contributed by atoms with van der Waals surface area (Å²) in [7, 11) is 0. The molecule has 0 saturated carbocycles. The molecule has 0 unspecified atom stereocenters. The lowest BCUT2D eigenvalue weighted by Crippen LogP contribution is -1.79. The summed E-state index contributed by atoms with van der Waals surface area (Å²) in [5.41, 5.74) is 0.704. The van der Waals surface area contributed by atoms with E-state index in [4.69, 9.17) is 34.8 Å². The standard InChI is InChI=1S/C7H4Cl3/c8-6-3-1-2-5(4-6)7(9)10/h1,3-4,7H. The highest BCUT2D eigenvalue weighted by atomic mass is 35.5. The van der Waals surface area contributed by atoms with Crippen molar-refractivity contribution in [3.8, 4) is 0 Å². The Hall–Kier alpha value is 0.0900. The van der Waals surface area contributed by atoms with Crippen LogP contribution >= 0.6 is 34.8 Å². The molecule has 0 aliphatic heterocycles. The number of hydrogen-bond donors (Lipinski definition) is 0. The highest BCUT2D eigenvalue weighted by molar-refractivity contribution is 6.44. The molecular weight excluding hydrogens is 190 g/mol. The minimum absolute atomic E-state index is 0.543. The van der Waals surface area contributed by atoms with Gasteiger partial charge in [0.1, 0.15) is 4.84 Å². The lowest BCUT2D eigenvalue weighted by molar-refractivity contribution is 1.34. The van der Waals surface area contributed by atoms with Crippen LogP contribution in [0.2, 0.25) is 5.02 Å². The normalized spacial score (nSPS) is 10.4. The first-order valence-corrected chi connectivity index (χ1v) is 3.90. The fraction of sp³-hybridized carbons (Fsp3) is 0.143. The highest BCUT2D eigenvalue weighted by Crippen LogP contribution is 2.25. The van der Waals surface area contributed by atoms with E-state index in [9.17, 15) is 0 Å². The lowest BCUT2D eigenvalue weighted by Gasteiger charge is -1.98. The molecule has 0 N–H and O–H groups in total. The molecule has 1 aromatic rings. The monoisotopic (exact) mass is 193 g/mol. The van der Waals surface area contributed by atoms with Crippen molar-refractivity contribution in [3.63, 3.8) is 0 Å². The number of halogens is 3. The van der Waals surface area contributed by atoms with Crippen LogP contribution < -0.4 is 0 Å². The summed E-state index contributed by atoms with van der Waals surface area (Å²) in [6, 6.07) is 7.96. The molecule has 3 heteroatoms. The Morgan fingerprint density at radius 1 is 1.40 bits per heavy atom. The Morgan fingerprint density at radius 2 is 2.10 bits per heavy atom. The summed E-state index contributed by atoms with van der Waals surface area (Å²) in [5, 5.41) is 0.625. The second-order valence-electron chi connectivity index (χ2n) is 1.76. The van der Waals surface area contributed by atoms with Crippen molar-refractivity contribution in [1.29, 1.82) is 0 Å². The minimum Gasteiger partial charge on any atom is -0.100 e. The summed E-state index contributed by atoms with van der Waals surface area (Å²) in [6.07, 6.45) is 0. The summed E-state index contributed by atoms with van der Waals surface area (Å²) < 4.78 is 0. The van der Waals surface area contributed by atoms with Crippen LogP contribution in [0.3, 0.4) is 0 Å². The van der Waals surface area contributed by atoms with Gasteiger partial charge in [-0.15, -0.1) is 23.2 Å². The molecule has 1 aromatic carbocycles. The first-order chi connectivity index (χ1) is 4.70. The van der Waals surface area contributed by atoms with Crippen LogP contribution in [0.15, 0.2) is 18.2 Å². The van der Waals surface area contributed by atoms with Crippen molar-refractivity contribution in [2.75, 3.05) is 0 Å². The van der Waals surface area contributed by atoms with Crippen LogP contribution in [0.4, 0.5) is 0 Å². The van der Waals surface area contributed by atoms with Gasteiger partial charge in [0.2, 0.25) is 0 Å². The Balaban J connectivity index is 2.96. The van der Waals surface area contributed by atoms with Crippen molar-refractivity contribution in [2.45, 2.75) is 4.84 Å². The Morgan fingerprint density at radius 3 is 2.50 bits per heavy atom. The number of rotatable bonds is 1. The van der Waals surface area contributed by atoms with Gasteiger partial charge in [-0.05, 0) is 23.8 Å². The van der Waals surface area contributed by atoms with E-state index in [1.807, 2.05) is 0 Å². The van der Waals surface area contributed by atoms with E-state index in [1.54, 1.807) is 18.2 Å². The minimum atomic E-state index is -0.543. The maximum absolute atomic E-state index is 5.65. The third-order valence-electron chi connectivity index (χ3n) is 1.02. The van der Waals surface area contributed by atoms with Gasteiger partial charge in [-0.3, -0.25) is 0 Å². The zero-order valence-corrected chi connectivity index (χ0v) is 7.21. The van der Waals surface area contributed by atoms with E-state index in [-0.39, 0.29) is 0 Å². The molecule has 1 rings (SSSR count). The van der Waals surface area contributed by atoms with Crippen LogP contribution in [0.1, 0.15) is 10.4 Å². The van der Waals surface area contributed by atoms with Crippen LogP contribution in [0.5, 0.6) is 0 Å². The van der Waals surface area contributed by atoms with Gasteiger partial charge in [-0.1, -0.05) is 17.7 Å². The molecule has 0 atom stereocenters. The fourth-order valence-electron chi connectivity index (χ4n) is 0.582. The summed E-state index contributed by atoms with van der Waals surface area (Å²) in [4.78, 5) is -0.543. The molecule has 0 aromatic heterocycles.